The maximum absolute atomic E-state index is 3.64. The highest BCUT2D eigenvalue weighted by Gasteiger charge is 2.01. The maximum Gasteiger partial charge on any atom is 0.0231 e. The quantitative estimate of drug-likeness (QED) is 0.590. The van der Waals surface area contributed by atoms with Crippen LogP contribution in [0.4, 0.5) is 0 Å². The molecule has 0 atom stereocenters. The van der Waals surface area contributed by atoms with Crippen LogP contribution in [0.2, 0.25) is 0 Å². The van der Waals surface area contributed by atoms with Gasteiger partial charge in [-0.1, -0.05) is 35.8 Å². The Kier molecular flexibility index (Phi) is 7.17. The molecule has 0 bridgehead atoms. The zero-order chi connectivity index (χ0) is 11.8. The Bertz CT molecular complexity index is 315. The second-order valence-electron chi connectivity index (χ2n) is 3.78. The second-order valence-corrected chi connectivity index (χ2v) is 5.80. The predicted octanol–water partition coefficient (Wildman–Crippen LogP) is 4.45. The van der Waals surface area contributed by atoms with E-state index in [4.69, 9.17) is 0 Å². The Labute approximate surface area is 112 Å². The van der Waals surface area contributed by atoms with Crippen LogP contribution < -0.4 is 5.32 Å². The molecular weight excluding hydrogens is 282 g/mol. The molecule has 0 saturated heterocycles. The summed E-state index contributed by atoms with van der Waals surface area (Å²) < 4.78 is 1.22. The first kappa shape index (κ1) is 14.1. The molecule has 90 valence electrons. The smallest absolute Gasteiger partial charge is 0.0231 e. The molecule has 0 saturated carbocycles. The molecule has 0 aliphatic rings. The van der Waals surface area contributed by atoms with Gasteiger partial charge in [-0.2, -0.15) is 0 Å². The summed E-state index contributed by atoms with van der Waals surface area (Å²) in [6.45, 7) is 6.43. The van der Waals surface area contributed by atoms with Crippen molar-refractivity contribution in [3.63, 3.8) is 0 Å². The first-order valence-corrected chi connectivity index (χ1v) is 7.67. The summed E-state index contributed by atoms with van der Waals surface area (Å²) in [5.41, 5.74) is 1.34. The van der Waals surface area contributed by atoms with Crippen molar-refractivity contribution in [2.45, 2.75) is 38.1 Å². The third-order valence-electron chi connectivity index (χ3n) is 2.24. The zero-order valence-electron chi connectivity index (χ0n) is 10.1. The molecule has 1 nitrogen and oxygen atoms in total. The summed E-state index contributed by atoms with van der Waals surface area (Å²) in [7, 11) is 0. The molecule has 0 radical (unpaired) electrons. The van der Waals surface area contributed by atoms with Crippen LogP contribution in [0.25, 0.3) is 0 Å². The van der Waals surface area contributed by atoms with E-state index in [0.717, 1.165) is 13.1 Å². The van der Waals surface area contributed by atoms with Gasteiger partial charge in [0.2, 0.25) is 0 Å². The number of hydrogen-bond donors (Lipinski definition) is 1. The number of rotatable bonds is 7. The normalized spacial score (nSPS) is 10.7. The van der Waals surface area contributed by atoms with Crippen molar-refractivity contribution in [1.29, 1.82) is 0 Å². The van der Waals surface area contributed by atoms with Crippen LogP contribution >= 0.6 is 27.7 Å². The molecular formula is C13H20BrNS. The average Bonchev–Trinajstić information content (AvgIpc) is 2.29. The van der Waals surface area contributed by atoms with Crippen molar-refractivity contribution >= 4 is 27.7 Å². The lowest BCUT2D eigenvalue weighted by atomic mass is 10.2. The van der Waals surface area contributed by atoms with Gasteiger partial charge in [0.25, 0.3) is 0 Å². The molecule has 1 rings (SSSR count). The van der Waals surface area contributed by atoms with Gasteiger partial charge in [-0.15, -0.1) is 11.8 Å². The summed E-state index contributed by atoms with van der Waals surface area (Å²) in [6, 6.07) is 6.65. The number of hydrogen-bond acceptors (Lipinski definition) is 2. The highest BCUT2D eigenvalue weighted by atomic mass is 79.9. The van der Waals surface area contributed by atoms with Crippen molar-refractivity contribution in [3.05, 3.63) is 28.2 Å². The van der Waals surface area contributed by atoms with Gasteiger partial charge >= 0.3 is 0 Å². The first-order valence-electron chi connectivity index (χ1n) is 5.89. The average molecular weight is 302 g/mol. The van der Waals surface area contributed by atoms with Gasteiger partial charge in [0.15, 0.2) is 0 Å². The van der Waals surface area contributed by atoms with Gasteiger partial charge in [-0.3, -0.25) is 0 Å². The molecule has 0 amide bonds. The summed E-state index contributed by atoms with van der Waals surface area (Å²) in [5, 5.41) is 3.42. The van der Waals surface area contributed by atoms with Crippen LogP contribution in [0, 0.1) is 0 Å². The van der Waals surface area contributed by atoms with E-state index in [-0.39, 0.29) is 0 Å². The Hall–Kier alpha value is 0.01000. The van der Waals surface area contributed by atoms with E-state index in [2.05, 4.69) is 53.3 Å². The fourth-order valence-electron chi connectivity index (χ4n) is 1.38. The molecule has 1 aromatic carbocycles. The Morgan fingerprint density at radius 2 is 2.06 bits per heavy atom. The fraction of sp³-hybridized carbons (Fsp3) is 0.538. The highest BCUT2D eigenvalue weighted by molar-refractivity contribution is 9.10. The van der Waals surface area contributed by atoms with E-state index in [0.29, 0.717) is 0 Å². The minimum atomic E-state index is 0.952. The highest BCUT2D eigenvalue weighted by Crippen LogP contribution is 2.25. The minimum absolute atomic E-state index is 0.952. The van der Waals surface area contributed by atoms with E-state index >= 15 is 0 Å². The van der Waals surface area contributed by atoms with Crippen LogP contribution in [-0.2, 0) is 6.54 Å². The summed E-state index contributed by atoms with van der Waals surface area (Å²) in [4.78, 5) is 1.35. The molecule has 16 heavy (non-hydrogen) atoms. The van der Waals surface area contributed by atoms with Crippen LogP contribution in [0.15, 0.2) is 27.6 Å². The van der Waals surface area contributed by atoms with Crippen molar-refractivity contribution in [2.24, 2.45) is 0 Å². The molecule has 0 unspecified atom stereocenters. The first-order chi connectivity index (χ1) is 7.77. The molecule has 1 aromatic rings. The minimum Gasteiger partial charge on any atom is -0.313 e. The number of thioether (sulfide) groups is 1. The molecule has 0 heterocycles. The van der Waals surface area contributed by atoms with Gasteiger partial charge < -0.3 is 5.32 Å². The zero-order valence-corrected chi connectivity index (χ0v) is 12.5. The Morgan fingerprint density at radius 1 is 1.25 bits per heavy atom. The van der Waals surface area contributed by atoms with Crippen molar-refractivity contribution in [3.8, 4) is 0 Å². The molecule has 3 heteroatoms. The molecule has 0 aromatic heterocycles. The summed E-state index contributed by atoms with van der Waals surface area (Å²) >= 11 is 5.56. The van der Waals surface area contributed by atoms with E-state index < -0.39 is 0 Å². The van der Waals surface area contributed by atoms with Gasteiger partial charge in [0.1, 0.15) is 0 Å². The van der Waals surface area contributed by atoms with Gasteiger partial charge in [-0.25, -0.2) is 0 Å². The van der Waals surface area contributed by atoms with E-state index in [1.54, 1.807) is 0 Å². The molecule has 1 N–H and O–H groups in total. The SMILES string of the molecule is CCCNCc1ccc(SCCC)cc1Br. The van der Waals surface area contributed by atoms with E-state index in [1.165, 1.54) is 33.5 Å². The van der Waals surface area contributed by atoms with Crippen LogP contribution in [0.3, 0.4) is 0 Å². The molecule has 0 spiro atoms. The number of nitrogens with one attached hydrogen (secondary N) is 1. The second kappa shape index (κ2) is 8.15. The van der Waals surface area contributed by atoms with Crippen molar-refractivity contribution < 1.29 is 0 Å². The lowest BCUT2D eigenvalue weighted by Gasteiger charge is -2.08. The maximum atomic E-state index is 3.64. The van der Waals surface area contributed by atoms with Crippen LogP contribution in [0.1, 0.15) is 32.3 Å². The number of halogens is 1. The Balaban J connectivity index is 2.53. The van der Waals surface area contributed by atoms with Crippen molar-refractivity contribution in [2.75, 3.05) is 12.3 Å². The topological polar surface area (TPSA) is 12.0 Å². The standard InChI is InChI=1S/C13H20BrNS/c1-3-7-15-10-11-5-6-12(9-13(11)14)16-8-4-2/h5-6,9,15H,3-4,7-8,10H2,1-2H3. The van der Waals surface area contributed by atoms with E-state index in [1.807, 2.05) is 11.8 Å². The lowest BCUT2D eigenvalue weighted by molar-refractivity contribution is 0.673. The predicted molar refractivity (Wildman–Crippen MR) is 77.2 cm³/mol. The van der Waals surface area contributed by atoms with Gasteiger partial charge in [0.05, 0.1) is 0 Å². The molecule has 0 fully saturated rings. The third-order valence-corrected chi connectivity index (χ3v) is 4.18. The third kappa shape index (κ3) is 4.89. The van der Waals surface area contributed by atoms with Crippen LogP contribution in [0.5, 0.6) is 0 Å². The van der Waals surface area contributed by atoms with Gasteiger partial charge in [-0.05, 0) is 42.8 Å². The lowest BCUT2D eigenvalue weighted by Crippen LogP contribution is -2.14. The summed E-state index contributed by atoms with van der Waals surface area (Å²) in [5.74, 6) is 1.19. The Morgan fingerprint density at radius 3 is 2.69 bits per heavy atom. The largest absolute Gasteiger partial charge is 0.313 e. The monoisotopic (exact) mass is 301 g/mol. The molecule has 0 aliphatic heterocycles. The molecule has 0 aliphatic carbocycles. The summed E-state index contributed by atoms with van der Waals surface area (Å²) in [6.07, 6.45) is 2.41. The number of benzene rings is 1. The fourth-order valence-corrected chi connectivity index (χ4v) is 2.86. The van der Waals surface area contributed by atoms with Gasteiger partial charge in [0, 0.05) is 15.9 Å². The van der Waals surface area contributed by atoms with Crippen molar-refractivity contribution in [1.82, 2.24) is 5.32 Å². The van der Waals surface area contributed by atoms with E-state index in [9.17, 15) is 0 Å². The van der Waals surface area contributed by atoms with Crippen LogP contribution in [-0.4, -0.2) is 12.3 Å².